The van der Waals surface area contributed by atoms with Crippen LogP contribution in [0.1, 0.15) is 23.3 Å². The average molecular weight is 336 g/mol. The molecule has 1 aromatic heterocycles. The number of aryl methyl sites for hydroxylation is 1. The molecule has 22 heavy (non-hydrogen) atoms. The molecule has 0 bridgehead atoms. The molecule has 0 N–H and O–H groups in total. The Hall–Kier alpha value is -1.60. The number of carbonyl (C=O) groups excluding carboxylic acids is 3. The monoisotopic (exact) mass is 336 g/mol. The fourth-order valence-electron chi connectivity index (χ4n) is 2.49. The van der Waals surface area contributed by atoms with Crippen LogP contribution in [0.4, 0.5) is 4.79 Å². The Morgan fingerprint density at radius 2 is 2.05 bits per heavy atom. The molecule has 2 aliphatic heterocycles. The molecule has 3 amide bonds. The van der Waals surface area contributed by atoms with Gasteiger partial charge in [-0.2, -0.15) is 0 Å². The smallest absolute Gasteiger partial charge is 0.294 e. The molecule has 3 heterocycles. The Bertz CT molecular complexity index is 659. The molecule has 7 heteroatoms. The van der Waals surface area contributed by atoms with E-state index in [2.05, 4.69) is 0 Å². The fraction of sp³-hybridized carbons (Fsp3) is 0.400. The van der Waals surface area contributed by atoms with Crippen molar-refractivity contribution in [3.05, 3.63) is 26.8 Å². The normalized spacial score (nSPS) is 20.5. The van der Waals surface area contributed by atoms with Crippen molar-refractivity contribution in [3.63, 3.8) is 0 Å². The maximum Gasteiger partial charge on any atom is 0.294 e. The average Bonchev–Trinajstić information content (AvgIpc) is 3.19. The zero-order valence-corrected chi connectivity index (χ0v) is 13.8. The van der Waals surface area contributed by atoms with E-state index < -0.39 is 0 Å². The van der Waals surface area contributed by atoms with E-state index in [1.165, 1.54) is 11.3 Å². The van der Waals surface area contributed by atoms with Crippen LogP contribution in [0.5, 0.6) is 0 Å². The molecule has 0 unspecified atom stereocenters. The van der Waals surface area contributed by atoms with E-state index in [0.717, 1.165) is 53.0 Å². The van der Waals surface area contributed by atoms with E-state index in [1.54, 1.807) is 11.0 Å². The summed E-state index contributed by atoms with van der Waals surface area (Å²) in [5, 5.41) is 1.58. The lowest BCUT2D eigenvalue weighted by Gasteiger charge is -2.18. The third kappa shape index (κ3) is 2.96. The van der Waals surface area contributed by atoms with Gasteiger partial charge in [0.2, 0.25) is 5.91 Å². The van der Waals surface area contributed by atoms with E-state index in [9.17, 15) is 14.4 Å². The second kappa shape index (κ2) is 6.26. The van der Waals surface area contributed by atoms with Gasteiger partial charge in [0.25, 0.3) is 11.1 Å². The number of rotatable bonds is 3. The van der Waals surface area contributed by atoms with Crippen molar-refractivity contribution in [2.45, 2.75) is 19.8 Å². The number of thiophene rings is 1. The molecule has 1 aromatic rings. The third-order valence-electron chi connectivity index (χ3n) is 3.79. The van der Waals surface area contributed by atoms with Gasteiger partial charge in [-0.15, -0.1) is 11.3 Å². The van der Waals surface area contributed by atoms with Crippen LogP contribution in [0.3, 0.4) is 0 Å². The first kappa shape index (κ1) is 15.3. The van der Waals surface area contributed by atoms with Crippen LogP contribution in [-0.4, -0.2) is 46.5 Å². The summed E-state index contributed by atoms with van der Waals surface area (Å²) in [6, 6.07) is 1.97. The number of carbonyl (C=O) groups is 3. The molecule has 0 spiro atoms. The van der Waals surface area contributed by atoms with Crippen LogP contribution in [0.15, 0.2) is 16.4 Å². The first-order valence-electron chi connectivity index (χ1n) is 7.13. The van der Waals surface area contributed by atoms with Crippen molar-refractivity contribution in [3.8, 4) is 0 Å². The first-order chi connectivity index (χ1) is 10.6. The van der Waals surface area contributed by atoms with Crippen LogP contribution in [-0.2, 0) is 9.59 Å². The highest BCUT2D eigenvalue weighted by Gasteiger charge is 2.37. The largest absolute Gasteiger partial charge is 0.341 e. The highest BCUT2D eigenvalue weighted by Crippen LogP contribution is 2.33. The van der Waals surface area contributed by atoms with Crippen LogP contribution in [0.2, 0.25) is 0 Å². The molecule has 2 aliphatic rings. The molecule has 2 saturated heterocycles. The van der Waals surface area contributed by atoms with E-state index in [0.29, 0.717) is 4.91 Å². The highest BCUT2D eigenvalue weighted by molar-refractivity contribution is 8.18. The minimum Gasteiger partial charge on any atom is -0.341 e. The van der Waals surface area contributed by atoms with Crippen LogP contribution in [0.25, 0.3) is 6.08 Å². The van der Waals surface area contributed by atoms with Gasteiger partial charge in [-0.1, -0.05) is 0 Å². The maximum atomic E-state index is 12.4. The summed E-state index contributed by atoms with van der Waals surface area (Å²) in [6.45, 7) is 3.26. The van der Waals surface area contributed by atoms with Gasteiger partial charge in [-0.25, -0.2) is 0 Å². The van der Waals surface area contributed by atoms with E-state index in [4.69, 9.17) is 0 Å². The predicted octanol–water partition coefficient (Wildman–Crippen LogP) is 2.72. The Morgan fingerprint density at radius 3 is 2.68 bits per heavy atom. The van der Waals surface area contributed by atoms with Crippen molar-refractivity contribution in [1.82, 2.24) is 9.80 Å². The number of hydrogen-bond donors (Lipinski definition) is 0. The molecular formula is C15H16N2O3S2. The number of hydrogen-bond acceptors (Lipinski definition) is 5. The second-order valence-corrected chi connectivity index (χ2v) is 7.26. The second-order valence-electron chi connectivity index (χ2n) is 5.32. The molecule has 0 aliphatic carbocycles. The van der Waals surface area contributed by atoms with Crippen molar-refractivity contribution in [2.24, 2.45) is 0 Å². The summed E-state index contributed by atoms with van der Waals surface area (Å²) < 4.78 is 0. The topological polar surface area (TPSA) is 57.7 Å². The Morgan fingerprint density at radius 1 is 1.32 bits per heavy atom. The molecule has 0 saturated carbocycles. The fourth-order valence-corrected chi connectivity index (χ4v) is 4.24. The molecule has 5 nitrogen and oxygen atoms in total. The van der Waals surface area contributed by atoms with Gasteiger partial charge in [-0.05, 0) is 54.6 Å². The summed E-state index contributed by atoms with van der Waals surface area (Å²) >= 11 is 2.44. The van der Waals surface area contributed by atoms with Gasteiger partial charge in [-0.3, -0.25) is 19.3 Å². The standard InChI is InChI=1S/C15H16N2O3S2/c1-10-4-7-21-11(10)8-12-14(19)17(15(20)22-12)9-13(18)16-5-2-3-6-16/h4,7-8H,2-3,5-6,9H2,1H3/b12-8-. The molecule has 116 valence electrons. The minimum absolute atomic E-state index is 0.145. The molecular weight excluding hydrogens is 320 g/mol. The zero-order chi connectivity index (χ0) is 15.7. The third-order valence-corrected chi connectivity index (χ3v) is 5.66. The highest BCUT2D eigenvalue weighted by atomic mass is 32.2. The predicted molar refractivity (Wildman–Crippen MR) is 87.5 cm³/mol. The number of amides is 3. The van der Waals surface area contributed by atoms with Crippen molar-refractivity contribution in [1.29, 1.82) is 0 Å². The molecule has 3 rings (SSSR count). The Balaban J connectivity index is 1.73. The van der Waals surface area contributed by atoms with Crippen molar-refractivity contribution >= 4 is 46.2 Å². The molecule has 0 radical (unpaired) electrons. The van der Waals surface area contributed by atoms with Gasteiger partial charge in [0.15, 0.2) is 0 Å². The molecule has 2 fully saturated rings. The summed E-state index contributed by atoms with van der Waals surface area (Å²) in [7, 11) is 0. The lowest BCUT2D eigenvalue weighted by atomic mass is 10.2. The SMILES string of the molecule is Cc1ccsc1/C=C1\SC(=O)N(CC(=O)N2CCCC2)C1=O. The van der Waals surface area contributed by atoms with Crippen LogP contribution >= 0.6 is 23.1 Å². The quantitative estimate of drug-likeness (QED) is 0.797. The summed E-state index contributed by atoms with van der Waals surface area (Å²) in [5.74, 6) is -0.510. The van der Waals surface area contributed by atoms with Gasteiger partial charge >= 0.3 is 0 Å². The van der Waals surface area contributed by atoms with Gasteiger partial charge in [0, 0.05) is 18.0 Å². The lowest BCUT2D eigenvalue weighted by Crippen LogP contribution is -2.40. The summed E-state index contributed by atoms with van der Waals surface area (Å²) in [6.07, 6.45) is 3.72. The van der Waals surface area contributed by atoms with E-state index in [1.807, 2.05) is 18.4 Å². The molecule has 0 aromatic carbocycles. The first-order valence-corrected chi connectivity index (χ1v) is 8.83. The zero-order valence-electron chi connectivity index (χ0n) is 12.2. The van der Waals surface area contributed by atoms with E-state index in [-0.39, 0.29) is 23.6 Å². The van der Waals surface area contributed by atoms with Gasteiger partial charge in [0.1, 0.15) is 6.54 Å². The van der Waals surface area contributed by atoms with Crippen molar-refractivity contribution in [2.75, 3.05) is 19.6 Å². The number of thioether (sulfide) groups is 1. The minimum atomic E-state index is -0.365. The number of likely N-dealkylation sites (tertiary alicyclic amines) is 1. The Kier molecular flexibility index (Phi) is 4.35. The number of nitrogens with zero attached hydrogens (tertiary/aromatic N) is 2. The van der Waals surface area contributed by atoms with E-state index >= 15 is 0 Å². The van der Waals surface area contributed by atoms with Gasteiger partial charge in [0.05, 0.1) is 4.91 Å². The Labute approximate surface area is 137 Å². The van der Waals surface area contributed by atoms with Crippen molar-refractivity contribution < 1.29 is 14.4 Å². The molecule has 0 atom stereocenters. The summed E-state index contributed by atoms with van der Waals surface area (Å²) in [4.78, 5) is 40.6. The number of imide groups is 1. The summed E-state index contributed by atoms with van der Waals surface area (Å²) in [5.41, 5.74) is 1.07. The van der Waals surface area contributed by atoms with Gasteiger partial charge < -0.3 is 4.90 Å². The maximum absolute atomic E-state index is 12.4. The van der Waals surface area contributed by atoms with Crippen LogP contribution < -0.4 is 0 Å². The lowest BCUT2D eigenvalue weighted by molar-refractivity contribution is -0.135. The van der Waals surface area contributed by atoms with Crippen LogP contribution in [0, 0.1) is 6.92 Å².